The summed E-state index contributed by atoms with van der Waals surface area (Å²) in [5.74, 6) is 0. The van der Waals surface area contributed by atoms with Crippen LogP contribution in [-0.2, 0) is 20.0 Å². The summed E-state index contributed by atoms with van der Waals surface area (Å²) in [5.41, 5.74) is -14.0. The Hall–Kier alpha value is -0.0800. The van der Waals surface area contributed by atoms with Crippen LogP contribution in [0.25, 0.3) is 0 Å². The summed E-state index contributed by atoms with van der Waals surface area (Å²) in [6.07, 6.45) is 0. The van der Waals surface area contributed by atoms with E-state index < -0.39 is 40.2 Å². The molecule has 0 fully saturated rings. The molecule has 0 saturated heterocycles. The summed E-state index contributed by atoms with van der Waals surface area (Å²) in [5, 5.41) is 0. The summed E-state index contributed by atoms with van der Waals surface area (Å²) < 4.78 is 112. The zero-order valence-corrected chi connectivity index (χ0v) is 10.5. The topological polar surface area (TPSA) is 71.5 Å². The predicted molar refractivity (Wildman–Crippen MR) is 45.6 cm³/mol. The molecule has 0 saturated carbocycles. The Bertz CT molecular complexity index is 432. The second-order valence-corrected chi connectivity index (χ2v) is 6.73. The molecule has 17 heavy (non-hydrogen) atoms. The van der Waals surface area contributed by atoms with Crippen molar-refractivity contribution in [2.24, 2.45) is 0 Å². The predicted octanol–water partition coefficient (Wildman–Crippen LogP) is 1.34. The number of rotatable bonds is 3. The lowest BCUT2D eigenvalue weighted by atomic mass is 11.5. The minimum Gasteiger partial charge on any atom is -0.202 e. The fraction of sp³-hybridized carbons (Fsp3) is 1.00. The lowest BCUT2D eigenvalue weighted by Gasteiger charge is -2.21. The molecule has 0 bridgehead atoms. The molecule has 0 N–H and O–H groups in total. The first-order chi connectivity index (χ1) is 7.19. The van der Waals surface area contributed by atoms with E-state index in [-0.39, 0.29) is 0 Å². The van der Waals surface area contributed by atoms with Crippen LogP contribution in [0.1, 0.15) is 0 Å². The van der Waals surface area contributed by atoms with E-state index in [1.54, 1.807) is 0 Å². The normalized spacial score (nSPS) is 15.3. The highest BCUT2D eigenvalue weighted by atomic mass is 79.9. The quantitative estimate of drug-likeness (QED) is 0.425. The summed E-state index contributed by atoms with van der Waals surface area (Å²) >= 11 is 1.94. The molecule has 5 nitrogen and oxygen atoms in total. The molecule has 0 heterocycles. The zero-order valence-electron chi connectivity index (χ0n) is 7.25. The van der Waals surface area contributed by atoms with Gasteiger partial charge in [0.2, 0.25) is 0 Å². The van der Waals surface area contributed by atoms with Crippen molar-refractivity contribution in [3.8, 4) is 0 Å². The van der Waals surface area contributed by atoms with Crippen molar-refractivity contribution in [2.75, 3.05) is 5.45 Å². The lowest BCUT2D eigenvalue weighted by Crippen LogP contribution is -2.48. The van der Waals surface area contributed by atoms with Gasteiger partial charge in [-0.05, 0) is 0 Å². The summed E-state index contributed by atoms with van der Waals surface area (Å²) in [6.45, 7) is 0. The summed E-state index contributed by atoms with van der Waals surface area (Å²) in [6, 6.07) is 0. The maximum absolute atomic E-state index is 11.9. The van der Waals surface area contributed by atoms with Gasteiger partial charge in [0.05, 0.1) is 5.45 Å². The van der Waals surface area contributed by atoms with E-state index in [0.717, 1.165) is 0 Å². The number of alkyl halides is 7. The number of hydrogen-bond acceptors (Lipinski definition) is 4. The molecule has 0 spiro atoms. The Morgan fingerprint density at radius 1 is 0.824 bits per heavy atom. The number of hydrogen-bond donors (Lipinski definition) is 0. The first kappa shape index (κ1) is 16.9. The van der Waals surface area contributed by atoms with Gasteiger partial charge in [0, 0.05) is 0 Å². The standard InChI is InChI=1S/C3H2BrF6NO4S2/c4-1-11(16(12,13)2(5,6)7)17(14,15)3(8,9)10/h1H2. The van der Waals surface area contributed by atoms with Crippen molar-refractivity contribution >= 4 is 36.0 Å². The van der Waals surface area contributed by atoms with Gasteiger partial charge in [0.15, 0.2) is 0 Å². The molecule has 0 aromatic carbocycles. The van der Waals surface area contributed by atoms with Crippen LogP contribution < -0.4 is 0 Å². The highest BCUT2D eigenvalue weighted by molar-refractivity contribution is 9.09. The highest BCUT2D eigenvalue weighted by Gasteiger charge is 2.61. The minimum atomic E-state index is -6.65. The van der Waals surface area contributed by atoms with Gasteiger partial charge in [-0.3, -0.25) is 0 Å². The molecular weight excluding hydrogens is 372 g/mol. The third-order valence-electron chi connectivity index (χ3n) is 1.22. The second-order valence-electron chi connectivity index (χ2n) is 2.29. The second kappa shape index (κ2) is 4.55. The Kier molecular flexibility index (Phi) is 4.52. The van der Waals surface area contributed by atoms with Gasteiger partial charge >= 0.3 is 31.1 Å². The van der Waals surface area contributed by atoms with Crippen molar-refractivity contribution in [1.82, 2.24) is 3.71 Å². The first-order valence-electron chi connectivity index (χ1n) is 3.16. The minimum absolute atomic E-state index is 1.71. The smallest absolute Gasteiger partial charge is 0.202 e. The van der Waals surface area contributed by atoms with Crippen molar-refractivity contribution in [1.29, 1.82) is 0 Å². The molecule has 0 rings (SSSR count). The van der Waals surface area contributed by atoms with Gasteiger partial charge in [-0.2, -0.15) is 26.3 Å². The Morgan fingerprint density at radius 2 is 1.06 bits per heavy atom. The van der Waals surface area contributed by atoms with Gasteiger partial charge in [0.1, 0.15) is 0 Å². The maximum Gasteiger partial charge on any atom is 0.512 e. The Morgan fingerprint density at radius 3 is 1.18 bits per heavy atom. The van der Waals surface area contributed by atoms with Crippen molar-refractivity contribution < 1.29 is 43.2 Å². The van der Waals surface area contributed by atoms with E-state index in [4.69, 9.17) is 0 Å². The molecular formula is C3H2BrF6NO4S2. The molecule has 0 amide bonds. The van der Waals surface area contributed by atoms with Crippen LogP contribution in [0.4, 0.5) is 26.3 Å². The SMILES string of the molecule is O=S(=O)(N(CBr)S(=O)(=O)C(F)(F)F)C(F)(F)F. The third kappa shape index (κ3) is 3.03. The fourth-order valence-electron chi connectivity index (χ4n) is 0.489. The van der Waals surface area contributed by atoms with Gasteiger partial charge in [-0.1, -0.05) is 19.6 Å². The average molecular weight is 374 g/mol. The third-order valence-corrected chi connectivity index (χ3v) is 6.06. The van der Waals surface area contributed by atoms with Gasteiger partial charge in [-0.25, -0.2) is 16.8 Å². The largest absolute Gasteiger partial charge is 0.512 e. The Balaban J connectivity index is 5.90. The molecule has 0 aliphatic rings. The summed E-state index contributed by atoms with van der Waals surface area (Å²) in [4.78, 5) is 0. The summed E-state index contributed by atoms with van der Waals surface area (Å²) in [7, 11) is -13.3. The molecule has 0 aliphatic carbocycles. The molecule has 0 aromatic rings. The van der Waals surface area contributed by atoms with Crippen LogP contribution >= 0.6 is 15.9 Å². The Labute approximate surface area is 99.6 Å². The van der Waals surface area contributed by atoms with E-state index in [1.807, 2.05) is 15.9 Å². The number of halogens is 7. The molecule has 104 valence electrons. The zero-order chi connectivity index (χ0) is 14.3. The molecule has 0 aliphatic heterocycles. The van der Waals surface area contributed by atoms with Gasteiger partial charge in [-0.15, -0.1) is 0 Å². The van der Waals surface area contributed by atoms with E-state index >= 15 is 0 Å². The van der Waals surface area contributed by atoms with E-state index in [9.17, 15) is 43.2 Å². The highest BCUT2D eigenvalue weighted by Crippen LogP contribution is 2.35. The average Bonchev–Trinajstić information content (AvgIpc) is 1.99. The molecule has 0 unspecified atom stereocenters. The van der Waals surface area contributed by atoms with Crippen LogP contribution in [0, 0.1) is 0 Å². The van der Waals surface area contributed by atoms with Crippen molar-refractivity contribution in [3.05, 3.63) is 0 Å². The molecule has 0 aromatic heterocycles. The van der Waals surface area contributed by atoms with Crippen LogP contribution in [-0.4, -0.2) is 37.0 Å². The van der Waals surface area contributed by atoms with Crippen LogP contribution in [0.3, 0.4) is 0 Å². The van der Waals surface area contributed by atoms with E-state index in [2.05, 4.69) is 0 Å². The number of sulfonamides is 2. The van der Waals surface area contributed by atoms with Crippen LogP contribution in [0.2, 0.25) is 0 Å². The van der Waals surface area contributed by atoms with Gasteiger partial charge in [0.25, 0.3) is 0 Å². The monoisotopic (exact) mass is 373 g/mol. The first-order valence-corrected chi connectivity index (χ1v) is 7.16. The maximum atomic E-state index is 11.9. The van der Waals surface area contributed by atoms with E-state index in [1.165, 1.54) is 0 Å². The molecule has 0 radical (unpaired) electrons. The van der Waals surface area contributed by atoms with Crippen LogP contribution in [0.5, 0.6) is 0 Å². The molecule has 0 atom stereocenters. The van der Waals surface area contributed by atoms with Crippen molar-refractivity contribution in [2.45, 2.75) is 11.0 Å². The van der Waals surface area contributed by atoms with Crippen molar-refractivity contribution in [3.63, 3.8) is 0 Å². The van der Waals surface area contributed by atoms with Crippen LogP contribution in [0.15, 0.2) is 0 Å². The molecule has 14 heteroatoms. The number of nitrogens with zero attached hydrogens (tertiary/aromatic N) is 1. The fourth-order valence-corrected chi connectivity index (χ4v) is 4.37. The van der Waals surface area contributed by atoms with Gasteiger partial charge < -0.3 is 0 Å². The van der Waals surface area contributed by atoms with E-state index in [0.29, 0.717) is 0 Å². The lowest BCUT2D eigenvalue weighted by molar-refractivity contribution is -0.0524.